The molecule has 0 bridgehead atoms. The van der Waals surface area contributed by atoms with Crippen LogP contribution in [0, 0.1) is 13.8 Å². The van der Waals surface area contributed by atoms with Crippen molar-refractivity contribution in [3.8, 4) is 5.75 Å². The Morgan fingerprint density at radius 1 is 1.07 bits per heavy atom. The van der Waals surface area contributed by atoms with E-state index in [1.54, 1.807) is 50.7 Å². The van der Waals surface area contributed by atoms with Crippen LogP contribution in [0.3, 0.4) is 0 Å². The third-order valence-corrected chi connectivity index (χ3v) is 5.72. The van der Waals surface area contributed by atoms with Gasteiger partial charge < -0.3 is 10.1 Å². The molecule has 0 unspecified atom stereocenters. The largest absolute Gasteiger partial charge is 0.496 e. The third kappa shape index (κ3) is 4.58. The van der Waals surface area contributed by atoms with Gasteiger partial charge >= 0.3 is 0 Å². The topological polar surface area (TPSA) is 93.2 Å². The molecular formula is C20H22N4O3S. The fourth-order valence-corrected chi connectivity index (χ4v) is 4.09. The molecule has 0 aliphatic rings. The predicted molar refractivity (Wildman–Crippen MR) is 109 cm³/mol. The van der Waals surface area contributed by atoms with Crippen LogP contribution in [-0.4, -0.2) is 25.5 Å². The van der Waals surface area contributed by atoms with Crippen LogP contribution in [0.1, 0.15) is 16.7 Å². The normalized spacial score (nSPS) is 11.1. The zero-order valence-corrected chi connectivity index (χ0v) is 16.7. The van der Waals surface area contributed by atoms with Gasteiger partial charge in [-0.05, 0) is 60.9 Å². The zero-order chi connectivity index (χ0) is 20.1. The molecule has 3 aromatic rings. The molecule has 146 valence electrons. The van der Waals surface area contributed by atoms with Crippen LogP contribution in [-0.2, 0) is 16.6 Å². The fourth-order valence-electron chi connectivity index (χ4n) is 2.74. The van der Waals surface area contributed by atoms with Gasteiger partial charge in [-0.25, -0.2) is 13.4 Å². The molecule has 2 aromatic heterocycles. The van der Waals surface area contributed by atoms with E-state index in [4.69, 9.17) is 4.74 Å². The predicted octanol–water partition coefficient (Wildman–Crippen LogP) is 3.51. The highest BCUT2D eigenvalue weighted by molar-refractivity contribution is 7.92. The van der Waals surface area contributed by atoms with Crippen molar-refractivity contribution in [1.29, 1.82) is 0 Å². The lowest BCUT2D eigenvalue weighted by molar-refractivity contribution is 0.411. The molecule has 0 aliphatic carbocycles. The Bertz CT molecular complexity index is 1050. The summed E-state index contributed by atoms with van der Waals surface area (Å²) in [4.78, 5) is 8.53. The number of rotatable bonds is 7. The van der Waals surface area contributed by atoms with E-state index in [9.17, 15) is 8.42 Å². The maximum Gasteiger partial charge on any atom is 0.262 e. The van der Waals surface area contributed by atoms with Crippen LogP contribution in [0.15, 0.2) is 59.9 Å². The summed E-state index contributed by atoms with van der Waals surface area (Å²) in [5.41, 5.74) is 2.78. The first-order chi connectivity index (χ1) is 13.4. The summed E-state index contributed by atoms with van der Waals surface area (Å²) in [5, 5.41) is 3.17. The highest BCUT2D eigenvalue weighted by Crippen LogP contribution is 2.27. The number of anilines is 2. The summed E-state index contributed by atoms with van der Waals surface area (Å²) >= 11 is 0. The number of pyridine rings is 2. The van der Waals surface area contributed by atoms with Crippen LogP contribution in [0.25, 0.3) is 0 Å². The number of aromatic nitrogens is 2. The standard InChI is InChI=1S/C20H22N4O3S/c1-14-10-19(15(2)9-18(14)27-3)28(25,26)24-17-6-7-20(23-13-17)22-12-16-5-4-8-21-11-16/h4-11,13,24H,12H2,1-3H3,(H,22,23). The second-order valence-corrected chi connectivity index (χ2v) is 7.99. The van der Waals surface area contributed by atoms with Crippen molar-refractivity contribution in [2.75, 3.05) is 17.1 Å². The summed E-state index contributed by atoms with van der Waals surface area (Å²) in [6.45, 7) is 4.12. The molecule has 0 aliphatic heterocycles. The molecule has 0 spiro atoms. The summed E-state index contributed by atoms with van der Waals surface area (Å²) in [6, 6.07) is 10.5. The highest BCUT2D eigenvalue weighted by atomic mass is 32.2. The monoisotopic (exact) mass is 398 g/mol. The van der Waals surface area contributed by atoms with Crippen molar-refractivity contribution in [1.82, 2.24) is 9.97 Å². The number of methoxy groups -OCH3 is 1. The first-order valence-electron chi connectivity index (χ1n) is 8.66. The number of ether oxygens (including phenoxy) is 1. The average molecular weight is 398 g/mol. The van der Waals surface area contributed by atoms with Gasteiger partial charge in [-0.3, -0.25) is 9.71 Å². The highest BCUT2D eigenvalue weighted by Gasteiger charge is 2.19. The Kier molecular flexibility index (Phi) is 5.79. The molecule has 7 nitrogen and oxygen atoms in total. The van der Waals surface area contributed by atoms with Gasteiger partial charge in [0.1, 0.15) is 11.6 Å². The average Bonchev–Trinajstić information content (AvgIpc) is 2.69. The Hall–Kier alpha value is -3.13. The Morgan fingerprint density at radius 2 is 1.89 bits per heavy atom. The summed E-state index contributed by atoms with van der Waals surface area (Å²) in [7, 11) is -2.17. The first kappa shape index (κ1) is 19.6. The molecule has 0 atom stereocenters. The lowest BCUT2D eigenvalue weighted by Crippen LogP contribution is -2.15. The van der Waals surface area contributed by atoms with Gasteiger partial charge in [-0.1, -0.05) is 6.07 Å². The van der Waals surface area contributed by atoms with Crippen LogP contribution < -0.4 is 14.8 Å². The molecule has 28 heavy (non-hydrogen) atoms. The maximum absolute atomic E-state index is 12.8. The first-order valence-corrected chi connectivity index (χ1v) is 10.1. The number of hydrogen-bond donors (Lipinski definition) is 2. The SMILES string of the molecule is COc1cc(C)c(S(=O)(=O)Nc2ccc(NCc3cccnc3)nc2)cc1C. The third-order valence-electron chi connectivity index (χ3n) is 4.19. The molecule has 1 aromatic carbocycles. The lowest BCUT2D eigenvalue weighted by atomic mass is 10.1. The minimum atomic E-state index is -3.73. The zero-order valence-electron chi connectivity index (χ0n) is 15.9. The molecular weight excluding hydrogens is 376 g/mol. The number of hydrogen-bond acceptors (Lipinski definition) is 6. The summed E-state index contributed by atoms with van der Waals surface area (Å²) in [5.74, 6) is 1.30. The minimum Gasteiger partial charge on any atom is -0.496 e. The van der Waals surface area contributed by atoms with Gasteiger partial charge in [-0.15, -0.1) is 0 Å². The molecule has 0 amide bonds. The van der Waals surface area contributed by atoms with Crippen LogP contribution in [0.2, 0.25) is 0 Å². The van der Waals surface area contributed by atoms with E-state index in [0.717, 1.165) is 11.1 Å². The van der Waals surface area contributed by atoms with E-state index in [1.807, 2.05) is 19.1 Å². The van der Waals surface area contributed by atoms with Crippen molar-refractivity contribution >= 4 is 21.5 Å². The molecule has 0 fully saturated rings. The summed E-state index contributed by atoms with van der Waals surface area (Å²) in [6.07, 6.45) is 4.97. The van der Waals surface area contributed by atoms with E-state index in [0.29, 0.717) is 29.4 Å². The van der Waals surface area contributed by atoms with Crippen molar-refractivity contribution in [3.05, 3.63) is 71.7 Å². The van der Waals surface area contributed by atoms with Crippen LogP contribution in [0.5, 0.6) is 5.75 Å². The van der Waals surface area contributed by atoms with E-state index in [-0.39, 0.29) is 4.90 Å². The van der Waals surface area contributed by atoms with Crippen molar-refractivity contribution in [2.45, 2.75) is 25.3 Å². The molecule has 2 heterocycles. The molecule has 0 saturated heterocycles. The van der Waals surface area contributed by atoms with Crippen LogP contribution in [0.4, 0.5) is 11.5 Å². The quantitative estimate of drug-likeness (QED) is 0.633. The van der Waals surface area contributed by atoms with E-state index in [2.05, 4.69) is 20.0 Å². The maximum atomic E-state index is 12.8. The van der Waals surface area contributed by atoms with Crippen LogP contribution >= 0.6 is 0 Å². The lowest BCUT2D eigenvalue weighted by Gasteiger charge is -2.13. The van der Waals surface area contributed by atoms with Gasteiger partial charge in [-0.2, -0.15) is 0 Å². The van der Waals surface area contributed by atoms with Gasteiger partial charge in [0.05, 0.1) is 23.9 Å². The molecule has 2 N–H and O–H groups in total. The molecule has 0 radical (unpaired) electrons. The van der Waals surface area contributed by atoms with Gasteiger partial charge in [0.15, 0.2) is 0 Å². The van der Waals surface area contributed by atoms with Crippen molar-refractivity contribution in [2.24, 2.45) is 0 Å². The minimum absolute atomic E-state index is 0.213. The summed E-state index contributed by atoms with van der Waals surface area (Å²) < 4.78 is 33.4. The molecule has 8 heteroatoms. The Morgan fingerprint density at radius 3 is 2.54 bits per heavy atom. The molecule has 0 saturated carbocycles. The molecule has 3 rings (SSSR count). The van der Waals surface area contributed by atoms with E-state index < -0.39 is 10.0 Å². The number of sulfonamides is 1. The van der Waals surface area contributed by atoms with Gasteiger partial charge in [0.2, 0.25) is 0 Å². The smallest absolute Gasteiger partial charge is 0.262 e. The number of nitrogens with one attached hydrogen (secondary N) is 2. The van der Waals surface area contributed by atoms with Gasteiger partial charge in [0.25, 0.3) is 10.0 Å². The Labute approximate surface area is 164 Å². The number of nitrogens with zero attached hydrogens (tertiary/aromatic N) is 2. The second-order valence-electron chi connectivity index (χ2n) is 6.34. The number of aryl methyl sites for hydroxylation is 2. The fraction of sp³-hybridized carbons (Fsp3) is 0.200. The second kappa shape index (κ2) is 8.26. The van der Waals surface area contributed by atoms with Crippen molar-refractivity contribution in [3.63, 3.8) is 0 Å². The van der Waals surface area contributed by atoms with Crippen molar-refractivity contribution < 1.29 is 13.2 Å². The van der Waals surface area contributed by atoms with E-state index >= 15 is 0 Å². The van der Waals surface area contributed by atoms with Gasteiger partial charge in [0, 0.05) is 18.9 Å². The Balaban J connectivity index is 1.72. The van der Waals surface area contributed by atoms with E-state index in [1.165, 1.54) is 6.20 Å². The number of benzene rings is 1.